The molecule has 0 aliphatic heterocycles. The van der Waals surface area contributed by atoms with Gasteiger partial charge in [0.25, 0.3) is 5.91 Å². The Labute approximate surface area is 119 Å². The molecule has 0 radical (unpaired) electrons. The third-order valence-corrected chi connectivity index (χ3v) is 2.64. The molecule has 0 fully saturated rings. The Morgan fingerprint density at radius 2 is 2.20 bits per heavy atom. The number of ether oxygens (including phenoxy) is 1. The number of aliphatic hydroxyl groups excluding tert-OH is 1. The number of hydrogen-bond donors (Lipinski definition) is 4. The predicted octanol–water partition coefficient (Wildman–Crippen LogP) is 0.829. The van der Waals surface area contributed by atoms with Crippen molar-refractivity contribution in [2.75, 3.05) is 44.0 Å². The maximum absolute atomic E-state index is 11.9. The molecule has 0 saturated heterocycles. The number of benzene rings is 1. The average Bonchev–Trinajstić information content (AvgIpc) is 2.43. The number of nitrogen functional groups attached to an aromatic ring is 1. The summed E-state index contributed by atoms with van der Waals surface area (Å²) in [7, 11) is 0. The molecule has 1 rings (SSSR count). The molecule has 0 aliphatic carbocycles. The number of amides is 1. The van der Waals surface area contributed by atoms with Gasteiger partial charge in [0, 0.05) is 31.1 Å². The van der Waals surface area contributed by atoms with Gasteiger partial charge in [0.1, 0.15) is 0 Å². The average molecular weight is 281 g/mol. The van der Waals surface area contributed by atoms with E-state index in [1.54, 1.807) is 18.2 Å². The molecule has 6 heteroatoms. The van der Waals surface area contributed by atoms with Crippen molar-refractivity contribution in [2.45, 2.75) is 13.3 Å². The number of nitrogens with two attached hydrogens (primary N) is 1. The summed E-state index contributed by atoms with van der Waals surface area (Å²) in [5, 5.41) is 14.5. The highest BCUT2D eigenvalue weighted by Gasteiger charge is 2.10. The molecule has 1 aromatic carbocycles. The van der Waals surface area contributed by atoms with Crippen LogP contribution in [0.25, 0.3) is 0 Å². The maximum Gasteiger partial charge on any atom is 0.253 e. The first-order valence-corrected chi connectivity index (χ1v) is 6.79. The molecular formula is C14H23N3O3. The van der Waals surface area contributed by atoms with Crippen molar-refractivity contribution in [2.24, 2.45) is 0 Å². The van der Waals surface area contributed by atoms with Gasteiger partial charge >= 0.3 is 0 Å². The quantitative estimate of drug-likeness (QED) is 0.397. The smallest absolute Gasteiger partial charge is 0.253 e. The molecule has 0 aliphatic rings. The Morgan fingerprint density at radius 3 is 2.90 bits per heavy atom. The fourth-order valence-electron chi connectivity index (χ4n) is 1.73. The van der Waals surface area contributed by atoms with Crippen LogP contribution in [0.5, 0.6) is 0 Å². The van der Waals surface area contributed by atoms with E-state index in [0.29, 0.717) is 37.6 Å². The molecule has 20 heavy (non-hydrogen) atoms. The van der Waals surface area contributed by atoms with Crippen LogP contribution in [0.2, 0.25) is 0 Å². The number of nitrogens with one attached hydrogen (secondary N) is 2. The third kappa shape index (κ3) is 5.46. The SMILES string of the molecule is CCNC(=O)c1ccc(N)cc1NCCCOCCO. The van der Waals surface area contributed by atoms with Crippen LogP contribution in [0.4, 0.5) is 11.4 Å². The standard InChI is InChI=1S/C14H23N3O3/c1-2-16-14(19)12-5-4-11(15)10-13(12)17-6-3-8-20-9-7-18/h4-5,10,17-18H,2-3,6-9,15H2,1H3,(H,16,19). The number of rotatable bonds is 9. The van der Waals surface area contributed by atoms with E-state index in [1.165, 1.54) is 0 Å². The molecule has 0 unspecified atom stereocenters. The number of aliphatic hydroxyl groups is 1. The lowest BCUT2D eigenvalue weighted by Crippen LogP contribution is -2.24. The Hall–Kier alpha value is -1.79. The van der Waals surface area contributed by atoms with E-state index in [0.717, 1.165) is 12.1 Å². The highest BCUT2D eigenvalue weighted by atomic mass is 16.5. The first kappa shape index (κ1) is 16.3. The van der Waals surface area contributed by atoms with Crippen molar-refractivity contribution in [3.8, 4) is 0 Å². The zero-order chi connectivity index (χ0) is 14.8. The Morgan fingerprint density at radius 1 is 1.40 bits per heavy atom. The molecule has 6 nitrogen and oxygen atoms in total. The second-order valence-electron chi connectivity index (χ2n) is 4.28. The van der Waals surface area contributed by atoms with Gasteiger partial charge in [-0.2, -0.15) is 0 Å². The maximum atomic E-state index is 11.9. The molecule has 1 aromatic rings. The third-order valence-electron chi connectivity index (χ3n) is 2.64. The molecule has 0 spiro atoms. The van der Waals surface area contributed by atoms with Crippen molar-refractivity contribution >= 4 is 17.3 Å². The summed E-state index contributed by atoms with van der Waals surface area (Å²) in [6, 6.07) is 5.17. The lowest BCUT2D eigenvalue weighted by atomic mass is 10.1. The Bertz CT molecular complexity index is 424. The van der Waals surface area contributed by atoms with Gasteiger partial charge in [0.2, 0.25) is 0 Å². The van der Waals surface area contributed by atoms with E-state index >= 15 is 0 Å². The minimum Gasteiger partial charge on any atom is -0.399 e. The van der Waals surface area contributed by atoms with Crippen LogP contribution in [-0.2, 0) is 4.74 Å². The zero-order valence-electron chi connectivity index (χ0n) is 11.8. The van der Waals surface area contributed by atoms with Crippen molar-refractivity contribution in [3.63, 3.8) is 0 Å². The van der Waals surface area contributed by atoms with Crippen LogP contribution < -0.4 is 16.4 Å². The summed E-state index contributed by atoms with van der Waals surface area (Å²) in [6.45, 7) is 4.07. The molecular weight excluding hydrogens is 258 g/mol. The summed E-state index contributed by atoms with van der Waals surface area (Å²) in [4.78, 5) is 11.9. The van der Waals surface area contributed by atoms with E-state index in [4.69, 9.17) is 15.6 Å². The Balaban J connectivity index is 2.54. The van der Waals surface area contributed by atoms with Gasteiger partial charge in [-0.15, -0.1) is 0 Å². The number of carbonyl (C=O) groups excluding carboxylic acids is 1. The number of anilines is 2. The van der Waals surface area contributed by atoms with E-state index < -0.39 is 0 Å². The van der Waals surface area contributed by atoms with Crippen LogP contribution in [0.1, 0.15) is 23.7 Å². The van der Waals surface area contributed by atoms with Gasteiger partial charge in [-0.25, -0.2) is 0 Å². The van der Waals surface area contributed by atoms with E-state index in [1.807, 2.05) is 6.92 Å². The highest BCUT2D eigenvalue weighted by Crippen LogP contribution is 2.19. The van der Waals surface area contributed by atoms with Gasteiger partial charge < -0.3 is 26.2 Å². The summed E-state index contributed by atoms with van der Waals surface area (Å²) in [5.41, 5.74) is 7.66. The second-order valence-corrected chi connectivity index (χ2v) is 4.28. The summed E-state index contributed by atoms with van der Waals surface area (Å²) in [5.74, 6) is -0.119. The molecule has 0 bridgehead atoms. The first-order valence-electron chi connectivity index (χ1n) is 6.79. The van der Waals surface area contributed by atoms with Gasteiger partial charge in [-0.05, 0) is 31.5 Å². The number of hydrogen-bond acceptors (Lipinski definition) is 5. The van der Waals surface area contributed by atoms with Crippen LogP contribution in [0.3, 0.4) is 0 Å². The zero-order valence-corrected chi connectivity index (χ0v) is 11.8. The van der Waals surface area contributed by atoms with Gasteiger partial charge in [0.05, 0.1) is 18.8 Å². The largest absolute Gasteiger partial charge is 0.399 e. The van der Waals surface area contributed by atoms with Gasteiger partial charge in [0.15, 0.2) is 0 Å². The van der Waals surface area contributed by atoms with Crippen molar-refractivity contribution in [3.05, 3.63) is 23.8 Å². The number of carbonyl (C=O) groups is 1. The van der Waals surface area contributed by atoms with Crippen LogP contribution in [-0.4, -0.2) is 43.9 Å². The topological polar surface area (TPSA) is 96.6 Å². The molecule has 1 amide bonds. The monoisotopic (exact) mass is 281 g/mol. The van der Waals surface area contributed by atoms with Crippen LogP contribution >= 0.6 is 0 Å². The molecule has 0 atom stereocenters. The minimum absolute atomic E-state index is 0.0317. The molecule has 0 heterocycles. The highest BCUT2D eigenvalue weighted by molar-refractivity contribution is 6.00. The van der Waals surface area contributed by atoms with E-state index in [2.05, 4.69) is 10.6 Å². The van der Waals surface area contributed by atoms with Crippen molar-refractivity contribution in [1.82, 2.24) is 5.32 Å². The second kappa shape index (κ2) is 9.17. The Kier molecular flexibility index (Phi) is 7.46. The van der Waals surface area contributed by atoms with Crippen molar-refractivity contribution < 1.29 is 14.6 Å². The predicted molar refractivity (Wildman–Crippen MR) is 79.9 cm³/mol. The molecule has 0 aromatic heterocycles. The normalized spacial score (nSPS) is 10.3. The lowest BCUT2D eigenvalue weighted by molar-refractivity contribution is 0.0921. The first-order chi connectivity index (χ1) is 9.69. The fraction of sp³-hybridized carbons (Fsp3) is 0.500. The molecule has 5 N–H and O–H groups in total. The summed E-state index contributed by atoms with van der Waals surface area (Å²) < 4.78 is 5.17. The lowest BCUT2D eigenvalue weighted by Gasteiger charge is -2.12. The summed E-state index contributed by atoms with van der Waals surface area (Å²) in [6.07, 6.45) is 0.781. The fourth-order valence-corrected chi connectivity index (χ4v) is 1.73. The van der Waals surface area contributed by atoms with Gasteiger partial charge in [-0.1, -0.05) is 0 Å². The van der Waals surface area contributed by atoms with Crippen molar-refractivity contribution in [1.29, 1.82) is 0 Å². The summed E-state index contributed by atoms with van der Waals surface area (Å²) >= 11 is 0. The molecule has 0 saturated carbocycles. The van der Waals surface area contributed by atoms with E-state index in [-0.39, 0.29) is 12.5 Å². The minimum atomic E-state index is -0.119. The van der Waals surface area contributed by atoms with Crippen LogP contribution in [0, 0.1) is 0 Å². The molecule has 112 valence electrons. The van der Waals surface area contributed by atoms with Crippen LogP contribution in [0.15, 0.2) is 18.2 Å². The van der Waals surface area contributed by atoms with Gasteiger partial charge in [-0.3, -0.25) is 4.79 Å². The van der Waals surface area contributed by atoms with E-state index in [9.17, 15) is 4.79 Å².